The highest BCUT2D eigenvalue weighted by Gasteiger charge is 2.26. The average Bonchev–Trinajstić information content (AvgIpc) is 3.74. The summed E-state index contributed by atoms with van der Waals surface area (Å²) in [7, 11) is 7.98. The largest absolute Gasteiger partial charge is 0.493 e. The second kappa shape index (κ2) is 19.7. The van der Waals surface area contributed by atoms with E-state index in [1.54, 1.807) is 35.5 Å². The number of fused-ring (bicyclic) bond motifs is 1. The van der Waals surface area contributed by atoms with Crippen molar-refractivity contribution < 1.29 is 42.5 Å². The van der Waals surface area contributed by atoms with Crippen LogP contribution < -0.4 is 43.8 Å². The number of methoxy groups -OCH3 is 5. The number of nitrogens with zero attached hydrogens (tertiary/aromatic N) is 1. The number of hydrogen-bond donors (Lipinski definition) is 2. The van der Waals surface area contributed by atoms with Crippen LogP contribution in [0.1, 0.15) is 79.0 Å². The third kappa shape index (κ3) is 9.86. The van der Waals surface area contributed by atoms with Gasteiger partial charge >= 0.3 is 0 Å². The quantitative estimate of drug-likeness (QED) is 0.0690. The van der Waals surface area contributed by atoms with Gasteiger partial charge in [0.25, 0.3) is 5.91 Å². The first kappa shape index (κ1) is 40.6. The number of carbonyl (C=O) groups excluding carboxylic acids is 1. The zero-order valence-electron chi connectivity index (χ0n) is 33.7. The van der Waals surface area contributed by atoms with Crippen molar-refractivity contribution in [3.8, 4) is 62.8 Å². The van der Waals surface area contributed by atoms with Crippen molar-refractivity contribution in [1.29, 1.82) is 0 Å². The molecule has 12 heteroatoms. The molecule has 2 N–H and O–H groups in total. The Bertz CT molecular complexity index is 2090. The van der Waals surface area contributed by atoms with Crippen LogP contribution in [0.5, 0.6) is 40.2 Å². The number of para-hydroxylation sites is 1. The Morgan fingerprint density at radius 2 is 1.25 bits per heavy atom. The monoisotopic (exact) mass is 779 g/mol. The number of anilines is 1. The lowest BCUT2D eigenvalue weighted by molar-refractivity contribution is 0.0935. The van der Waals surface area contributed by atoms with Gasteiger partial charge in [-0.1, -0.05) is 67.4 Å². The van der Waals surface area contributed by atoms with E-state index in [0.29, 0.717) is 70.5 Å². The van der Waals surface area contributed by atoms with Crippen molar-refractivity contribution in [2.75, 3.05) is 54.1 Å². The molecule has 0 saturated carbocycles. The molecule has 0 bridgehead atoms. The highest BCUT2D eigenvalue weighted by Crippen LogP contribution is 2.43. The van der Waals surface area contributed by atoms with E-state index in [4.69, 9.17) is 37.7 Å². The van der Waals surface area contributed by atoms with Crippen LogP contribution in [0.3, 0.4) is 0 Å². The fourth-order valence-corrected chi connectivity index (χ4v) is 6.95. The number of aryl methyl sites for hydroxylation is 1. The van der Waals surface area contributed by atoms with Crippen LogP contribution in [0.25, 0.3) is 22.6 Å². The summed E-state index contributed by atoms with van der Waals surface area (Å²) in [4.78, 5) is 12.7. The Kier molecular flexibility index (Phi) is 14.0. The van der Waals surface area contributed by atoms with E-state index < -0.39 is 0 Å². The predicted molar refractivity (Wildman–Crippen MR) is 220 cm³/mol. The van der Waals surface area contributed by atoms with Crippen LogP contribution in [-0.4, -0.2) is 59.8 Å². The Balaban J connectivity index is 0.881. The van der Waals surface area contributed by atoms with Gasteiger partial charge in [-0.15, -0.1) is 0 Å². The SMILES string of the molecule is COc1cc(C2NC(=O)c3cc(C)ccc3N2)ccc1OCCCCCCCCCCOc1cccc(-c2cc(-c3cc(OC)c(OC)c(OC)c3)no2)c1OC. The molecule has 0 fully saturated rings. The van der Waals surface area contributed by atoms with Crippen molar-refractivity contribution in [3.63, 3.8) is 0 Å². The van der Waals surface area contributed by atoms with Gasteiger partial charge in [-0.05, 0) is 73.9 Å². The Labute approximate surface area is 334 Å². The normalized spacial score (nSPS) is 13.2. The van der Waals surface area contributed by atoms with E-state index in [1.165, 1.54) is 12.8 Å². The summed E-state index contributed by atoms with van der Waals surface area (Å²) in [5.41, 5.74) is 5.52. The molecule has 302 valence electrons. The van der Waals surface area contributed by atoms with Gasteiger partial charge in [0.15, 0.2) is 40.3 Å². The number of hydrogen-bond acceptors (Lipinski definition) is 11. The third-order valence-corrected chi connectivity index (χ3v) is 9.99. The van der Waals surface area contributed by atoms with Crippen molar-refractivity contribution >= 4 is 11.6 Å². The summed E-state index contributed by atoms with van der Waals surface area (Å²) in [6, 6.07) is 22.9. The molecule has 6 rings (SSSR count). The maximum Gasteiger partial charge on any atom is 0.255 e. The lowest BCUT2D eigenvalue weighted by Crippen LogP contribution is -2.38. The zero-order valence-corrected chi connectivity index (χ0v) is 33.7. The molecule has 1 aromatic heterocycles. The molecular formula is C45H53N3O9. The Morgan fingerprint density at radius 1 is 0.596 bits per heavy atom. The minimum atomic E-state index is -0.353. The third-order valence-electron chi connectivity index (χ3n) is 9.99. The molecule has 12 nitrogen and oxygen atoms in total. The molecule has 0 saturated heterocycles. The molecule has 1 aliphatic rings. The molecule has 0 aliphatic carbocycles. The number of rotatable bonds is 21. The van der Waals surface area contributed by atoms with Crippen LogP contribution in [0.2, 0.25) is 0 Å². The van der Waals surface area contributed by atoms with E-state index in [2.05, 4.69) is 15.8 Å². The second-order valence-corrected chi connectivity index (χ2v) is 13.9. The van der Waals surface area contributed by atoms with E-state index in [1.807, 2.05) is 79.7 Å². The maximum atomic E-state index is 12.7. The summed E-state index contributed by atoms with van der Waals surface area (Å²) < 4.78 is 45.9. The molecule has 0 radical (unpaired) electrons. The van der Waals surface area contributed by atoms with Crippen molar-refractivity contribution in [2.24, 2.45) is 0 Å². The molecule has 5 aromatic rings. The highest BCUT2D eigenvalue weighted by atomic mass is 16.5. The zero-order chi connectivity index (χ0) is 40.1. The lowest BCUT2D eigenvalue weighted by Gasteiger charge is -2.28. The molecule has 4 aromatic carbocycles. The number of amides is 1. The van der Waals surface area contributed by atoms with Crippen LogP contribution in [-0.2, 0) is 0 Å². The molecule has 1 amide bonds. The van der Waals surface area contributed by atoms with Crippen molar-refractivity contribution in [1.82, 2.24) is 10.5 Å². The van der Waals surface area contributed by atoms with E-state index in [0.717, 1.165) is 66.5 Å². The highest BCUT2D eigenvalue weighted by molar-refractivity contribution is 6.02. The first-order valence-electron chi connectivity index (χ1n) is 19.4. The Morgan fingerprint density at radius 3 is 1.89 bits per heavy atom. The van der Waals surface area contributed by atoms with Crippen LogP contribution in [0, 0.1) is 6.92 Å². The lowest BCUT2D eigenvalue weighted by atomic mass is 10.0. The van der Waals surface area contributed by atoms with Gasteiger partial charge in [-0.3, -0.25) is 4.79 Å². The number of unbranched alkanes of at least 4 members (excludes halogenated alkanes) is 7. The van der Waals surface area contributed by atoms with Gasteiger partial charge < -0.3 is 48.3 Å². The van der Waals surface area contributed by atoms with Crippen LogP contribution >= 0.6 is 0 Å². The smallest absolute Gasteiger partial charge is 0.255 e. The number of aromatic nitrogens is 1. The van der Waals surface area contributed by atoms with E-state index in [-0.39, 0.29) is 12.1 Å². The van der Waals surface area contributed by atoms with E-state index >= 15 is 0 Å². The van der Waals surface area contributed by atoms with Crippen molar-refractivity contribution in [2.45, 2.75) is 64.5 Å². The molecule has 0 spiro atoms. The fourth-order valence-electron chi connectivity index (χ4n) is 6.95. The first-order valence-corrected chi connectivity index (χ1v) is 19.4. The average molecular weight is 780 g/mol. The van der Waals surface area contributed by atoms with Gasteiger partial charge in [-0.2, -0.15) is 0 Å². The van der Waals surface area contributed by atoms with E-state index in [9.17, 15) is 4.79 Å². The topological polar surface area (TPSA) is 132 Å². The standard InChI is InChI=1S/C45H53N3O9/c1-29-18-20-34-33(24-29)45(49)47-44(46-34)30-19-21-36(39(25-30)50-2)55-22-13-11-9-7-8-10-12-14-23-56-37-17-15-16-32(42(37)53-5)38-28-35(48-57-38)31-26-40(51-3)43(54-6)41(27-31)52-4/h15-21,24-28,44,46H,7-14,22-23H2,1-6H3,(H,47,49). The number of ether oxygens (including phenoxy) is 7. The first-order chi connectivity index (χ1) is 27.9. The summed E-state index contributed by atoms with van der Waals surface area (Å²) in [5, 5.41) is 10.8. The van der Waals surface area contributed by atoms with Crippen molar-refractivity contribution in [3.05, 3.63) is 89.5 Å². The molecule has 1 unspecified atom stereocenters. The number of carbonyl (C=O) groups is 1. The summed E-state index contributed by atoms with van der Waals surface area (Å²) in [6.07, 6.45) is 8.45. The minimum Gasteiger partial charge on any atom is -0.493 e. The van der Waals surface area contributed by atoms with Gasteiger partial charge in [0.1, 0.15) is 11.9 Å². The van der Waals surface area contributed by atoms with Gasteiger partial charge in [0.05, 0.1) is 59.9 Å². The molecule has 57 heavy (non-hydrogen) atoms. The number of benzene rings is 4. The predicted octanol–water partition coefficient (Wildman–Crippen LogP) is 9.79. The van der Waals surface area contributed by atoms with Gasteiger partial charge in [-0.25, -0.2) is 0 Å². The second-order valence-electron chi connectivity index (χ2n) is 13.9. The van der Waals surface area contributed by atoms with Gasteiger partial charge in [0, 0.05) is 17.3 Å². The summed E-state index contributed by atoms with van der Waals surface area (Å²) in [5.74, 6) is 4.62. The molecule has 2 heterocycles. The van der Waals surface area contributed by atoms with Gasteiger partial charge in [0.2, 0.25) is 5.75 Å². The van der Waals surface area contributed by atoms with Crippen LogP contribution in [0.15, 0.2) is 77.3 Å². The minimum absolute atomic E-state index is 0.0971. The van der Waals surface area contributed by atoms with Crippen LogP contribution in [0.4, 0.5) is 5.69 Å². The maximum absolute atomic E-state index is 12.7. The summed E-state index contributed by atoms with van der Waals surface area (Å²) in [6.45, 7) is 3.19. The molecular weight excluding hydrogens is 727 g/mol. The number of nitrogens with one attached hydrogen (secondary N) is 2. The molecule has 1 aliphatic heterocycles. The molecule has 1 atom stereocenters. The Hall–Kier alpha value is -6.04. The summed E-state index contributed by atoms with van der Waals surface area (Å²) >= 11 is 0. The fraction of sp³-hybridized carbons (Fsp3) is 0.378.